The number of hydrogen-bond acceptors (Lipinski definition) is 3. The number of nitrogens with zero attached hydrogens (tertiary/aromatic N) is 2. The van der Waals surface area contributed by atoms with E-state index in [0.717, 1.165) is 47.1 Å². The maximum absolute atomic E-state index is 13.2. The zero-order valence-corrected chi connectivity index (χ0v) is 19.9. The second-order valence-electron chi connectivity index (χ2n) is 10.5. The summed E-state index contributed by atoms with van der Waals surface area (Å²) in [7, 11) is 0. The molecule has 3 aromatic rings. The van der Waals surface area contributed by atoms with E-state index in [1.54, 1.807) is 0 Å². The zero-order chi connectivity index (χ0) is 22.3. The van der Waals surface area contributed by atoms with Crippen LogP contribution in [-0.4, -0.2) is 39.1 Å². The van der Waals surface area contributed by atoms with Crippen LogP contribution in [0.2, 0.25) is 0 Å². The van der Waals surface area contributed by atoms with Crippen molar-refractivity contribution in [1.29, 1.82) is 0 Å². The molecule has 32 heavy (non-hydrogen) atoms. The Morgan fingerprint density at radius 1 is 1.03 bits per heavy atom. The lowest BCUT2D eigenvalue weighted by molar-refractivity contribution is -0.129. The van der Waals surface area contributed by atoms with Crippen LogP contribution in [0.1, 0.15) is 40.0 Å². The fourth-order valence-electron chi connectivity index (χ4n) is 6.00. The normalized spacial score (nSPS) is 24.0. The van der Waals surface area contributed by atoms with Gasteiger partial charge < -0.3 is 9.88 Å². The van der Waals surface area contributed by atoms with Gasteiger partial charge in [-0.25, -0.2) is 4.98 Å². The molecule has 1 saturated carbocycles. The number of rotatable bonds is 5. The van der Waals surface area contributed by atoms with Crippen LogP contribution in [-0.2, 0) is 4.79 Å². The Labute approximate surface area is 194 Å². The van der Waals surface area contributed by atoms with Crippen molar-refractivity contribution in [1.82, 2.24) is 14.9 Å². The van der Waals surface area contributed by atoms with Crippen LogP contribution >= 0.6 is 11.8 Å². The van der Waals surface area contributed by atoms with Crippen LogP contribution in [0.3, 0.4) is 0 Å². The second-order valence-corrected chi connectivity index (χ2v) is 11.5. The van der Waals surface area contributed by atoms with Crippen molar-refractivity contribution < 1.29 is 4.79 Å². The number of imidazole rings is 1. The molecule has 2 aromatic carbocycles. The van der Waals surface area contributed by atoms with Crippen molar-refractivity contribution in [3.8, 4) is 22.5 Å². The summed E-state index contributed by atoms with van der Waals surface area (Å²) in [6, 6.07) is 20.9. The summed E-state index contributed by atoms with van der Waals surface area (Å²) in [5.74, 6) is 0.656. The van der Waals surface area contributed by atoms with Gasteiger partial charge in [-0.05, 0) is 30.1 Å². The molecule has 2 heterocycles. The highest BCUT2D eigenvalue weighted by molar-refractivity contribution is 7.99. The molecular formula is C27H31N3OS. The Bertz CT molecular complexity index is 1050. The molecule has 0 spiro atoms. The van der Waals surface area contributed by atoms with Gasteiger partial charge in [-0.15, -0.1) is 0 Å². The number of benzene rings is 2. The number of amides is 1. The van der Waals surface area contributed by atoms with Crippen molar-refractivity contribution in [3.63, 3.8) is 0 Å². The van der Waals surface area contributed by atoms with Crippen LogP contribution < -0.4 is 0 Å². The Balaban J connectivity index is 1.35. The molecule has 2 bridgehead atoms. The van der Waals surface area contributed by atoms with Crippen LogP contribution in [0, 0.1) is 10.8 Å². The third-order valence-electron chi connectivity index (χ3n) is 6.86. The number of nitrogens with one attached hydrogen (secondary N) is 1. The molecule has 0 unspecified atom stereocenters. The summed E-state index contributed by atoms with van der Waals surface area (Å²) in [5, 5.41) is 0.796. The third-order valence-corrected chi connectivity index (χ3v) is 7.72. The van der Waals surface area contributed by atoms with Gasteiger partial charge in [-0.3, -0.25) is 4.79 Å². The summed E-state index contributed by atoms with van der Waals surface area (Å²) < 4.78 is 0. The van der Waals surface area contributed by atoms with E-state index in [9.17, 15) is 4.79 Å². The fourth-order valence-corrected chi connectivity index (χ4v) is 6.76. The molecule has 1 aromatic heterocycles. The maximum atomic E-state index is 13.2. The van der Waals surface area contributed by atoms with E-state index in [1.807, 2.05) is 36.4 Å². The van der Waals surface area contributed by atoms with Gasteiger partial charge in [-0.1, -0.05) is 93.2 Å². The first-order chi connectivity index (χ1) is 15.3. The zero-order valence-electron chi connectivity index (χ0n) is 19.1. The molecule has 5 heteroatoms. The smallest absolute Gasteiger partial charge is 0.233 e. The van der Waals surface area contributed by atoms with Crippen LogP contribution in [0.25, 0.3) is 22.5 Å². The molecule has 0 radical (unpaired) electrons. The van der Waals surface area contributed by atoms with Gasteiger partial charge in [0.25, 0.3) is 0 Å². The fraction of sp³-hybridized carbons (Fsp3) is 0.407. The number of thioether (sulfide) groups is 1. The molecule has 5 rings (SSSR count). The minimum atomic E-state index is 0.236. The molecule has 4 nitrogen and oxygen atoms in total. The average Bonchev–Trinajstić information content (AvgIpc) is 3.31. The lowest BCUT2D eigenvalue weighted by Gasteiger charge is -2.39. The predicted octanol–water partition coefficient (Wildman–Crippen LogP) is 6.26. The number of aromatic amines is 1. The highest BCUT2D eigenvalue weighted by atomic mass is 32.2. The highest BCUT2D eigenvalue weighted by Gasteiger charge is 2.50. The number of fused-ring (bicyclic) bond motifs is 2. The Morgan fingerprint density at radius 3 is 2.38 bits per heavy atom. The highest BCUT2D eigenvalue weighted by Crippen LogP contribution is 2.52. The monoisotopic (exact) mass is 445 g/mol. The van der Waals surface area contributed by atoms with Crippen molar-refractivity contribution in [2.24, 2.45) is 10.8 Å². The van der Waals surface area contributed by atoms with Crippen molar-refractivity contribution in [3.05, 3.63) is 60.7 Å². The minimum Gasteiger partial charge on any atom is -0.338 e. The Hall–Kier alpha value is -2.53. The summed E-state index contributed by atoms with van der Waals surface area (Å²) >= 11 is 1.51. The van der Waals surface area contributed by atoms with Gasteiger partial charge in [-0.2, -0.15) is 0 Å². The van der Waals surface area contributed by atoms with Gasteiger partial charge in [0.2, 0.25) is 5.91 Å². The van der Waals surface area contributed by atoms with Crippen LogP contribution in [0.5, 0.6) is 0 Å². The third kappa shape index (κ3) is 4.23. The average molecular weight is 446 g/mol. The first-order valence-electron chi connectivity index (χ1n) is 11.5. The molecule has 1 saturated heterocycles. The topological polar surface area (TPSA) is 49.0 Å². The molecular weight excluding hydrogens is 414 g/mol. The summed E-state index contributed by atoms with van der Waals surface area (Å²) in [5.41, 5.74) is 4.68. The summed E-state index contributed by atoms with van der Waals surface area (Å²) in [4.78, 5) is 23.7. The number of hydrogen-bond donors (Lipinski definition) is 1. The number of aromatic nitrogens is 2. The maximum Gasteiger partial charge on any atom is 0.233 e. The standard InChI is InChI=1S/C27H31N3OS/c1-26(2)14-21-15-27(3,17-26)18-30(21)22(31)16-32-25-28-23(19-10-6-4-7-11-19)24(29-25)20-12-8-5-9-13-20/h4-13,21H,14-18H2,1-3H3,(H,28,29)/t21-,27+/m0/s1. The van der Waals surface area contributed by atoms with Crippen LogP contribution in [0.4, 0.5) is 0 Å². The predicted molar refractivity (Wildman–Crippen MR) is 131 cm³/mol. The number of carbonyl (C=O) groups excluding carboxylic acids is 1. The summed E-state index contributed by atoms with van der Waals surface area (Å²) in [6.07, 6.45) is 3.45. The van der Waals surface area contributed by atoms with Crippen molar-refractivity contribution in [2.45, 2.75) is 51.2 Å². The Kier molecular flexibility index (Phi) is 5.40. The molecule has 1 N–H and O–H groups in total. The van der Waals surface area contributed by atoms with E-state index in [4.69, 9.17) is 4.98 Å². The molecule has 1 aliphatic carbocycles. The van der Waals surface area contributed by atoms with E-state index >= 15 is 0 Å². The van der Waals surface area contributed by atoms with Gasteiger partial charge >= 0.3 is 0 Å². The van der Waals surface area contributed by atoms with Gasteiger partial charge in [0.1, 0.15) is 0 Å². The quantitative estimate of drug-likeness (QED) is 0.471. The molecule has 2 atom stereocenters. The number of carbonyl (C=O) groups is 1. The lowest BCUT2D eigenvalue weighted by Crippen LogP contribution is -2.38. The number of likely N-dealkylation sites (tertiary alicyclic amines) is 1. The van der Waals surface area contributed by atoms with Crippen molar-refractivity contribution in [2.75, 3.05) is 12.3 Å². The van der Waals surface area contributed by atoms with Crippen molar-refractivity contribution >= 4 is 17.7 Å². The molecule has 1 aliphatic heterocycles. The van der Waals surface area contributed by atoms with Crippen LogP contribution in [0.15, 0.2) is 65.8 Å². The molecule has 1 amide bonds. The lowest BCUT2D eigenvalue weighted by atomic mass is 9.65. The SMILES string of the molecule is CC1(C)C[C@H]2C[C@@](C)(CN2C(=O)CSc2nc(-c3ccccc3)c(-c3ccccc3)[nH]2)C1. The molecule has 2 fully saturated rings. The van der Waals surface area contributed by atoms with E-state index < -0.39 is 0 Å². The van der Waals surface area contributed by atoms with Gasteiger partial charge in [0.15, 0.2) is 5.16 Å². The number of H-pyrrole nitrogens is 1. The summed E-state index contributed by atoms with van der Waals surface area (Å²) in [6.45, 7) is 7.94. The molecule has 2 aliphatic rings. The Morgan fingerprint density at radius 2 is 1.69 bits per heavy atom. The first kappa shape index (κ1) is 21.3. The second kappa shape index (κ2) is 8.11. The van der Waals surface area contributed by atoms with Gasteiger partial charge in [0, 0.05) is 23.7 Å². The largest absolute Gasteiger partial charge is 0.338 e. The van der Waals surface area contributed by atoms with E-state index in [2.05, 4.69) is 54.9 Å². The van der Waals surface area contributed by atoms with E-state index in [1.165, 1.54) is 18.2 Å². The van der Waals surface area contributed by atoms with E-state index in [0.29, 0.717) is 17.2 Å². The van der Waals surface area contributed by atoms with Gasteiger partial charge in [0.05, 0.1) is 17.1 Å². The van der Waals surface area contributed by atoms with E-state index in [-0.39, 0.29) is 11.3 Å². The minimum absolute atomic E-state index is 0.236. The molecule has 166 valence electrons. The first-order valence-corrected chi connectivity index (χ1v) is 12.4.